The van der Waals surface area contributed by atoms with E-state index in [0.717, 1.165) is 12.8 Å². The smallest absolute Gasteiger partial charge is 0.283 e. The van der Waals surface area contributed by atoms with Gasteiger partial charge in [-0.1, -0.05) is 28.7 Å². The number of guanidine groups is 1. The van der Waals surface area contributed by atoms with E-state index >= 15 is 0 Å². The Kier molecular flexibility index (Phi) is 4.89. The lowest BCUT2D eigenvalue weighted by molar-refractivity contribution is 0.100. The van der Waals surface area contributed by atoms with Gasteiger partial charge in [0.05, 0.1) is 28.2 Å². The van der Waals surface area contributed by atoms with Gasteiger partial charge in [-0.25, -0.2) is 4.68 Å². The van der Waals surface area contributed by atoms with E-state index in [1.54, 1.807) is 22.9 Å². The Morgan fingerprint density at radius 3 is 2.76 bits per heavy atom. The first-order chi connectivity index (χ1) is 11.9. The molecule has 1 aliphatic rings. The second-order valence-electron chi connectivity index (χ2n) is 5.71. The van der Waals surface area contributed by atoms with E-state index in [4.69, 9.17) is 23.1 Å². The molecular weight excluding hydrogens is 366 g/mol. The second-order valence-corrected chi connectivity index (χ2v) is 7.01. The van der Waals surface area contributed by atoms with Gasteiger partial charge in [0.2, 0.25) is 0 Å². The number of hydrogen-bond donors (Lipinski definition) is 2. The normalized spacial score (nSPS) is 15.0. The number of hydrogen-bond acceptors (Lipinski definition) is 4. The van der Waals surface area contributed by atoms with Gasteiger partial charge in [-0.05, 0) is 30.5 Å². The quantitative estimate of drug-likeness (QED) is 0.453. The van der Waals surface area contributed by atoms with E-state index in [0.29, 0.717) is 27.5 Å². The highest BCUT2D eigenvalue weighted by molar-refractivity contribution is 7.78. The van der Waals surface area contributed by atoms with Crippen LogP contribution >= 0.6 is 11.6 Å². The van der Waals surface area contributed by atoms with Gasteiger partial charge in [-0.3, -0.25) is 9.00 Å². The van der Waals surface area contributed by atoms with Gasteiger partial charge in [0, 0.05) is 11.7 Å². The van der Waals surface area contributed by atoms with Crippen LogP contribution in [0.2, 0.25) is 5.02 Å². The predicted octanol–water partition coefficient (Wildman–Crippen LogP) is 1.20. The first kappa shape index (κ1) is 17.6. The summed E-state index contributed by atoms with van der Waals surface area (Å²) in [6.07, 6.45) is 3.22. The predicted molar refractivity (Wildman–Crippen MR) is 93.3 cm³/mol. The number of rotatable bonds is 5. The molecule has 25 heavy (non-hydrogen) atoms. The lowest BCUT2D eigenvalue weighted by Crippen LogP contribution is -2.24. The number of benzene rings is 1. The van der Waals surface area contributed by atoms with Crippen molar-refractivity contribution < 1.29 is 13.6 Å². The van der Waals surface area contributed by atoms with E-state index in [1.165, 1.54) is 6.20 Å². The Balaban J connectivity index is 2.09. The minimum atomic E-state index is -2.22. The van der Waals surface area contributed by atoms with Crippen LogP contribution in [-0.4, -0.2) is 30.4 Å². The molecule has 0 saturated heterocycles. The molecule has 4 N–H and O–H groups in total. The van der Waals surface area contributed by atoms with E-state index < -0.39 is 17.0 Å². The molecule has 8 nitrogen and oxygen atoms in total. The van der Waals surface area contributed by atoms with Crippen LogP contribution in [-0.2, 0) is 16.8 Å². The van der Waals surface area contributed by atoms with Crippen molar-refractivity contribution in [3.8, 4) is 5.69 Å². The Morgan fingerprint density at radius 2 is 2.16 bits per heavy atom. The average molecular weight is 381 g/mol. The molecule has 1 aliphatic carbocycles. The SMILES string of the molecule is NC(N)=NC(=O)c1cnn(-c2cc(CS(=O)[O-])ccc2Cl)c1C1CC1. The number of halogens is 1. The number of nitrogens with two attached hydrogens (primary N) is 2. The van der Waals surface area contributed by atoms with Gasteiger partial charge in [-0.15, -0.1) is 0 Å². The van der Waals surface area contributed by atoms with Crippen molar-refractivity contribution in [1.29, 1.82) is 0 Å². The van der Waals surface area contributed by atoms with Gasteiger partial charge in [0.25, 0.3) is 5.91 Å². The fourth-order valence-electron chi connectivity index (χ4n) is 2.59. The maximum absolute atomic E-state index is 12.2. The maximum Gasteiger partial charge on any atom is 0.283 e. The van der Waals surface area contributed by atoms with Crippen molar-refractivity contribution in [2.75, 3.05) is 0 Å². The largest absolute Gasteiger partial charge is 0.772 e. The number of aliphatic imine (C=N–C) groups is 1. The van der Waals surface area contributed by atoms with E-state index in [2.05, 4.69) is 10.1 Å². The Hall–Kier alpha value is -2.23. The number of carbonyl (C=O) groups excluding carboxylic acids is 1. The van der Waals surface area contributed by atoms with Crippen LogP contribution in [0.3, 0.4) is 0 Å². The molecule has 1 aromatic heterocycles. The fourth-order valence-corrected chi connectivity index (χ4v) is 3.24. The van der Waals surface area contributed by atoms with Crippen LogP contribution in [0.25, 0.3) is 5.69 Å². The number of carbonyl (C=O) groups is 1. The summed E-state index contributed by atoms with van der Waals surface area (Å²) in [7, 11) is 0. The summed E-state index contributed by atoms with van der Waals surface area (Å²) in [5.41, 5.74) is 12.6. The third-order valence-corrected chi connectivity index (χ3v) is 4.64. The highest BCUT2D eigenvalue weighted by Crippen LogP contribution is 2.43. The molecule has 0 radical (unpaired) electrons. The summed E-state index contributed by atoms with van der Waals surface area (Å²) in [6.45, 7) is 0. The van der Waals surface area contributed by atoms with Crippen molar-refractivity contribution >= 4 is 34.5 Å². The van der Waals surface area contributed by atoms with Gasteiger partial charge in [-0.2, -0.15) is 10.1 Å². The van der Waals surface area contributed by atoms with Crippen LogP contribution < -0.4 is 11.5 Å². The summed E-state index contributed by atoms with van der Waals surface area (Å²) < 4.78 is 23.5. The van der Waals surface area contributed by atoms with Crippen LogP contribution in [0.5, 0.6) is 0 Å². The molecule has 10 heteroatoms. The van der Waals surface area contributed by atoms with E-state index in [1.807, 2.05) is 0 Å². The Labute approximate surface area is 151 Å². The molecule has 2 aromatic rings. The van der Waals surface area contributed by atoms with Crippen molar-refractivity contribution in [3.63, 3.8) is 0 Å². The standard InChI is InChI=1S/C15H16ClN5O3S/c16-11-4-1-8(7-25(23)24)5-12(11)21-13(9-2-3-9)10(6-19-21)14(22)20-15(17)18/h1,4-6,9H,2-3,7H2,(H,23,24)(H4,17,18,20,22)/p-1. The van der Waals surface area contributed by atoms with Crippen molar-refractivity contribution in [2.45, 2.75) is 24.5 Å². The zero-order valence-electron chi connectivity index (χ0n) is 13.0. The summed E-state index contributed by atoms with van der Waals surface area (Å²) in [5.74, 6) is -0.869. The molecule has 1 atom stereocenters. The summed E-state index contributed by atoms with van der Waals surface area (Å²) >= 11 is 4.05. The van der Waals surface area contributed by atoms with Gasteiger partial charge in [0.15, 0.2) is 5.96 Å². The zero-order valence-corrected chi connectivity index (χ0v) is 14.6. The third kappa shape index (κ3) is 3.89. The molecule has 1 heterocycles. The molecular formula is C15H15ClN5O3S-. The van der Waals surface area contributed by atoms with Crippen LogP contribution in [0, 0.1) is 0 Å². The van der Waals surface area contributed by atoms with Gasteiger partial charge < -0.3 is 16.0 Å². The van der Waals surface area contributed by atoms with Crippen molar-refractivity contribution in [2.24, 2.45) is 16.5 Å². The van der Waals surface area contributed by atoms with Gasteiger partial charge in [0.1, 0.15) is 0 Å². The number of nitrogens with zero attached hydrogens (tertiary/aromatic N) is 3. The Bertz CT molecular complexity index is 887. The summed E-state index contributed by atoms with van der Waals surface area (Å²) in [5, 5.41) is 4.66. The van der Waals surface area contributed by atoms with Crippen LogP contribution in [0.1, 0.15) is 40.4 Å². The highest BCUT2D eigenvalue weighted by Gasteiger charge is 2.33. The lowest BCUT2D eigenvalue weighted by atomic mass is 10.1. The molecule has 0 aliphatic heterocycles. The lowest BCUT2D eigenvalue weighted by Gasteiger charge is -2.12. The van der Waals surface area contributed by atoms with Crippen molar-refractivity contribution in [3.05, 3.63) is 46.2 Å². The maximum atomic E-state index is 12.2. The highest BCUT2D eigenvalue weighted by atomic mass is 35.5. The Morgan fingerprint density at radius 1 is 1.44 bits per heavy atom. The van der Waals surface area contributed by atoms with Crippen molar-refractivity contribution in [1.82, 2.24) is 9.78 Å². The summed E-state index contributed by atoms with van der Waals surface area (Å²) in [6, 6.07) is 4.88. The number of amides is 1. The van der Waals surface area contributed by atoms with Crippen LogP contribution in [0.4, 0.5) is 0 Å². The molecule has 0 bridgehead atoms. The first-order valence-electron chi connectivity index (χ1n) is 7.43. The topological polar surface area (TPSA) is 139 Å². The zero-order chi connectivity index (χ0) is 18.1. The molecule has 1 saturated carbocycles. The first-order valence-corrected chi connectivity index (χ1v) is 9.05. The molecule has 0 spiro atoms. The monoisotopic (exact) mass is 380 g/mol. The van der Waals surface area contributed by atoms with Gasteiger partial charge >= 0.3 is 0 Å². The molecule has 1 aromatic carbocycles. The molecule has 1 unspecified atom stereocenters. The molecule has 1 fully saturated rings. The number of aromatic nitrogens is 2. The second kappa shape index (κ2) is 6.95. The fraction of sp³-hybridized carbons (Fsp3) is 0.267. The minimum absolute atomic E-state index is 0.135. The molecule has 1 amide bonds. The third-order valence-electron chi connectivity index (χ3n) is 3.75. The average Bonchev–Trinajstić information content (AvgIpc) is 3.26. The summed E-state index contributed by atoms with van der Waals surface area (Å²) in [4.78, 5) is 15.8. The van der Waals surface area contributed by atoms with E-state index in [-0.39, 0.29) is 17.6 Å². The molecule has 132 valence electrons. The van der Waals surface area contributed by atoms with Crippen LogP contribution in [0.15, 0.2) is 29.4 Å². The minimum Gasteiger partial charge on any atom is -0.772 e. The molecule has 3 rings (SSSR count). The van der Waals surface area contributed by atoms with E-state index in [9.17, 15) is 13.6 Å².